The van der Waals surface area contributed by atoms with E-state index in [0.717, 1.165) is 24.4 Å². The maximum absolute atomic E-state index is 13.3. The van der Waals surface area contributed by atoms with Gasteiger partial charge in [-0.3, -0.25) is 4.79 Å². The molecule has 6 heteroatoms. The molecule has 0 bridgehead atoms. The Morgan fingerprint density at radius 1 is 1.16 bits per heavy atom. The number of amides is 1. The number of nitrogens with one attached hydrogen (secondary N) is 1. The van der Waals surface area contributed by atoms with E-state index in [2.05, 4.69) is 10.3 Å². The second-order valence-corrected chi connectivity index (χ2v) is 3.79. The van der Waals surface area contributed by atoms with Gasteiger partial charge in [0.25, 0.3) is 5.91 Å². The van der Waals surface area contributed by atoms with Crippen LogP contribution >= 0.6 is 0 Å². The van der Waals surface area contributed by atoms with Gasteiger partial charge in [0.15, 0.2) is 0 Å². The molecule has 2 rings (SSSR count). The van der Waals surface area contributed by atoms with Gasteiger partial charge in [-0.25, -0.2) is 13.8 Å². The second-order valence-electron chi connectivity index (χ2n) is 3.79. The van der Waals surface area contributed by atoms with Crippen LogP contribution in [0.1, 0.15) is 15.9 Å². The van der Waals surface area contributed by atoms with Crippen LogP contribution in [-0.4, -0.2) is 10.9 Å². The van der Waals surface area contributed by atoms with Gasteiger partial charge in [-0.05, 0) is 12.1 Å². The fourth-order valence-electron chi connectivity index (χ4n) is 1.49. The highest BCUT2D eigenvalue weighted by atomic mass is 19.1. The Kier molecular flexibility index (Phi) is 3.79. The smallest absolute Gasteiger partial charge is 0.251 e. The lowest BCUT2D eigenvalue weighted by atomic mass is 10.2. The highest BCUT2D eigenvalue weighted by molar-refractivity contribution is 5.93. The molecule has 0 saturated carbocycles. The van der Waals surface area contributed by atoms with Crippen molar-refractivity contribution in [3.8, 4) is 0 Å². The number of rotatable bonds is 3. The van der Waals surface area contributed by atoms with Gasteiger partial charge in [-0.15, -0.1) is 0 Å². The van der Waals surface area contributed by atoms with Crippen molar-refractivity contribution >= 4 is 5.91 Å². The Balaban J connectivity index is 2.04. The molecular weight excluding hydrogens is 257 g/mol. The first kappa shape index (κ1) is 13.1. The minimum absolute atomic E-state index is 0.0787. The summed E-state index contributed by atoms with van der Waals surface area (Å²) in [5.41, 5.74) is 0.222. The normalized spacial score (nSPS) is 10.3. The van der Waals surface area contributed by atoms with Crippen LogP contribution < -0.4 is 5.32 Å². The number of benzene rings is 1. The molecule has 2 aromatic rings. The summed E-state index contributed by atoms with van der Waals surface area (Å²) in [6.45, 7) is -0.116. The quantitative estimate of drug-likeness (QED) is 0.867. The van der Waals surface area contributed by atoms with Crippen LogP contribution in [0.15, 0.2) is 36.5 Å². The van der Waals surface area contributed by atoms with E-state index in [1.54, 1.807) is 0 Å². The van der Waals surface area contributed by atoms with Gasteiger partial charge in [0.2, 0.25) is 5.95 Å². The Morgan fingerprint density at radius 2 is 1.95 bits per heavy atom. The zero-order valence-electron chi connectivity index (χ0n) is 9.66. The number of aromatic nitrogens is 1. The van der Waals surface area contributed by atoms with Crippen molar-refractivity contribution in [2.45, 2.75) is 6.54 Å². The molecule has 19 heavy (non-hydrogen) atoms. The van der Waals surface area contributed by atoms with E-state index in [0.29, 0.717) is 0 Å². The number of pyridine rings is 1. The molecule has 0 unspecified atom stereocenters. The molecule has 0 aliphatic rings. The van der Waals surface area contributed by atoms with Crippen LogP contribution in [0.5, 0.6) is 0 Å². The average Bonchev–Trinajstić information content (AvgIpc) is 2.37. The second kappa shape index (κ2) is 5.51. The lowest BCUT2D eigenvalue weighted by Crippen LogP contribution is -2.23. The van der Waals surface area contributed by atoms with E-state index >= 15 is 0 Å². The molecule has 1 N–H and O–H groups in total. The standard InChI is InChI=1S/C13H9F3N2O/c14-10-2-1-9(11(15)6-10)7-18-13(19)8-3-4-17-12(16)5-8/h1-6H,7H2,(H,18,19). The Labute approximate surface area is 107 Å². The molecule has 0 radical (unpaired) electrons. The highest BCUT2D eigenvalue weighted by Crippen LogP contribution is 2.09. The number of carbonyl (C=O) groups is 1. The van der Waals surface area contributed by atoms with Crippen LogP contribution in [0, 0.1) is 17.6 Å². The van der Waals surface area contributed by atoms with E-state index in [1.807, 2.05) is 0 Å². The third kappa shape index (κ3) is 3.31. The molecule has 1 heterocycles. The fourth-order valence-corrected chi connectivity index (χ4v) is 1.49. The van der Waals surface area contributed by atoms with E-state index in [-0.39, 0.29) is 17.7 Å². The molecule has 0 fully saturated rings. The number of nitrogens with zero attached hydrogens (tertiary/aromatic N) is 1. The highest BCUT2D eigenvalue weighted by Gasteiger charge is 2.09. The average molecular weight is 266 g/mol. The summed E-state index contributed by atoms with van der Waals surface area (Å²) in [7, 11) is 0. The van der Waals surface area contributed by atoms with Crippen molar-refractivity contribution < 1.29 is 18.0 Å². The number of carbonyl (C=O) groups excluding carboxylic acids is 1. The van der Waals surface area contributed by atoms with Crippen molar-refractivity contribution in [2.24, 2.45) is 0 Å². The third-order valence-corrected chi connectivity index (χ3v) is 2.44. The van der Waals surface area contributed by atoms with Crippen LogP contribution in [0.4, 0.5) is 13.2 Å². The molecule has 0 atom stereocenters. The van der Waals surface area contributed by atoms with Crippen LogP contribution in [0.25, 0.3) is 0 Å². The van der Waals surface area contributed by atoms with Gasteiger partial charge in [0.1, 0.15) is 11.6 Å². The lowest BCUT2D eigenvalue weighted by molar-refractivity contribution is 0.0950. The molecule has 0 spiro atoms. The van der Waals surface area contributed by atoms with Crippen LogP contribution in [-0.2, 0) is 6.54 Å². The molecule has 3 nitrogen and oxygen atoms in total. The summed E-state index contributed by atoms with van der Waals surface area (Å²) in [6.07, 6.45) is 1.16. The molecule has 1 aromatic carbocycles. The van der Waals surface area contributed by atoms with Crippen molar-refractivity contribution in [3.63, 3.8) is 0 Å². The van der Waals surface area contributed by atoms with Crippen molar-refractivity contribution in [1.82, 2.24) is 10.3 Å². The van der Waals surface area contributed by atoms with E-state index < -0.39 is 23.5 Å². The molecule has 1 amide bonds. The summed E-state index contributed by atoms with van der Waals surface area (Å²) in [4.78, 5) is 15.0. The Hall–Kier alpha value is -2.37. The first-order valence-electron chi connectivity index (χ1n) is 5.40. The largest absolute Gasteiger partial charge is 0.348 e. The fraction of sp³-hybridized carbons (Fsp3) is 0.0769. The zero-order valence-corrected chi connectivity index (χ0v) is 9.66. The molecule has 1 aromatic heterocycles. The summed E-state index contributed by atoms with van der Waals surface area (Å²) in [5, 5.41) is 2.41. The minimum Gasteiger partial charge on any atom is -0.348 e. The van der Waals surface area contributed by atoms with E-state index in [9.17, 15) is 18.0 Å². The van der Waals surface area contributed by atoms with Gasteiger partial charge >= 0.3 is 0 Å². The monoisotopic (exact) mass is 266 g/mol. The number of hydrogen-bond acceptors (Lipinski definition) is 2. The molecule has 0 aliphatic heterocycles. The van der Waals surface area contributed by atoms with Crippen molar-refractivity contribution in [2.75, 3.05) is 0 Å². The Bertz CT molecular complexity index is 617. The summed E-state index contributed by atoms with van der Waals surface area (Å²) < 4.78 is 38.8. The number of hydrogen-bond donors (Lipinski definition) is 1. The molecule has 98 valence electrons. The van der Waals surface area contributed by atoms with Crippen molar-refractivity contribution in [3.05, 3.63) is 65.2 Å². The number of halogens is 3. The summed E-state index contributed by atoms with van der Waals surface area (Å²) in [6, 6.07) is 5.36. The maximum atomic E-state index is 13.3. The SMILES string of the molecule is O=C(NCc1ccc(F)cc1F)c1ccnc(F)c1. The minimum atomic E-state index is -0.777. The third-order valence-electron chi connectivity index (χ3n) is 2.44. The molecular formula is C13H9F3N2O. The van der Waals surface area contributed by atoms with Gasteiger partial charge in [-0.1, -0.05) is 6.07 Å². The predicted octanol–water partition coefficient (Wildman–Crippen LogP) is 2.43. The van der Waals surface area contributed by atoms with Gasteiger partial charge < -0.3 is 5.32 Å². The van der Waals surface area contributed by atoms with Gasteiger partial charge in [0.05, 0.1) is 0 Å². The van der Waals surface area contributed by atoms with Gasteiger partial charge in [0, 0.05) is 36.0 Å². The predicted molar refractivity (Wildman–Crippen MR) is 61.7 cm³/mol. The zero-order chi connectivity index (χ0) is 13.8. The Morgan fingerprint density at radius 3 is 2.63 bits per heavy atom. The van der Waals surface area contributed by atoms with Crippen LogP contribution in [0.2, 0.25) is 0 Å². The van der Waals surface area contributed by atoms with Crippen LogP contribution in [0.3, 0.4) is 0 Å². The topological polar surface area (TPSA) is 42.0 Å². The lowest BCUT2D eigenvalue weighted by Gasteiger charge is -2.06. The summed E-state index contributed by atoms with van der Waals surface area (Å²) >= 11 is 0. The molecule has 0 aliphatic carbocycles. The van der Waals surface area contributed by atoms with Crippen molar-refractivity contribution in [1.29, 1.82) is 0 Å². The molecule has 0 saturated heterocycles. The first-order chi connectivity index (χ1) is 9.06. The first-order valence-corrected chi connectivity index (χ1v) is 5.40. The maximum Gasteiger partial charge on any atom is 0.251 e. The van der Waals surface area contributed by atoms with E-state index in [4.69, 9.17) is 0 Å². The van der Waals surface area contributed by atoms with Gasteiger partial charge in [-0.2, -0.15) is 4.39 Å². The van der Waals surface area contributed by atoms with E-state index in [1.165, 1.54) is 12.1 Å². The summed E-state index contributed by atoms with van der Waals surface area (Å²) in [5.74, 6) is -2.78.